The third kappa shape index (κ3) is 4.48. The van der Waals surface area contributed by atoms with E-state index in [-0.39, 0.29) is 5.56 Å². The minimum Gasteiger partial charge on any atom is -0.423 e. The summed E-state index contributed by atoms with van der Waals surface area (Å²) in [6, 6.07) is 15.3. The summed E-state index contributed by atoms with van der Waals surface area (Å²) in [6.07, 6.45) is 3.88. The smallest absolute Gasteiger partial charge is 0.336 e. The van der Waals surface area contributed by atoms with E-state index in [0.29, 0.717) is 5.75 Å². The van der Waals surface area contributed by atoms with Crippen molar-refractivity contribution in [2.45, 2.75) is 0 Å². The van der Waals surface area contributed by atoms with Crippen molar-refractivity contribution in [1.82, 2.24) is 9.13 Å². The van der Waals surface area contributed by atoms with E-state index in [1.807, 2.05) is 36.4 Å². The lowest BCUT2D eigenvalue weighted by molar-refractivity contribution is -0.128. The minimum atomic E-state index is -0.613. The van der Waals surface area contributed by atoms with Gasteiger partial charge < -0.3 is 9.30 Å². The second kappa shape index (κ2) is 8.39. The first-order valence-corrected chi connectivity index (χ1v) is 9.45. The van der Waals surface area contributed by atoms with E-state index in [9.17, 15) is 14.4 Å². The Morgan fingerprint density at radius 1 is 0.964 bits per heavy atom. The highest BCUT2D eigenvalue weighted by Crippen LogP contribution is 2.23. The lowest BCUT2D eigenvalue weighted by atomic mass is 10.1. The summed E-state index contributed by atoms with van der Waals surface area (Å²) in [5, 5.41) is 0. The molecule has 1 aromatic heterocycles. The van der Waals surface area contributed by atoms with Gasteiger partial charge in [0.2, 0.25) is 0 Å². The summed E-state index contributed by atoms with van der Waals surface area (Å²) in [5.74, 6) is -0.213. The summed E-state index contributed by atoms with van der Waals surface area (Å²) in [4.78, 5) is 35.8. The molecule has 6 nitrogen and oxygen atoms in total. The van der Waals surface area contributed by atoms with Gasteiger partial charge in [-0.25, -0.2) is 9.59 Å². The monoisotopic (exact) mass is 488 g/mol. The summed E-state index contributed by atoms with van der Waals surface area (Å²) >= 11 is 2.25. The molecule has 0 unspecified atom stereocenters. The number of esters is 1. The summed E-state index contributed by atoms with van der Waals surface area (Å²) in [7, 11) is 2.92. The number of carbonyl (C=O) groups excluding carboxylic acids is 1. The Kier molecular flexibility index (Phi) is 5.93. The van der Waals surface area contributed by atoms with Crippen LogP contribution in [0.1, 0.15) is 5.56 Å². The quantitative estimate of drug-likeness (QED) is 0.245. The molecule has 0 saturated heterocycles. The third-order valence-electron chi connectivity index (χ3n) is 4.12. The van der Waals surface area contributed by atoms with Gasteiger partial charge in [-0.1, -0.05) is 24.3 Å². The fraction of sp³-hybridized carbons (Fsp3) is 0.0952. The highest BCUT2D eigenvalue weighted by atomic mass is 127. The lowest BCUT2D eigenvalue weighted by Gasteiger charge is -2.05. The molecule has 0 aliphatic rings. The van der Waals surface area contributed by atoms with Gasteiger partial charge in [-0.3, -0.25) is 9.36 Å². The van der Waals surface area contributed by atoms with Gasteiger partial charge in [0.25, 0.3) is 5.56 Å². The van der Waals surface area contributed by atoms with Crippen LogP contribution in [0.5, 0.6) is 5.75 Å². The van der Waals surface area contributed by atoms with Gasteiger partial charge >= 0.3 is 11.7 Å². The molecule has 0 bridgehead atoms. The van der Waals surface area contributed by atoms with Crippen molar-refractivity contribution in [3.05, 3.63) is 90.8 Å². The van der Waals surface area contributed by atoms with Crippen LogP contribution in [0.3, 0.4) is 0 Å². The predicted octanol–water partition coefficient (Wildman–Crippen LogP) is 2.97. The minimum absolute atomic E-state index is 0.218. The zero-order valence-corrected chi connectivity index (χ0v) is 17.4. The second-order valence-corrected chi connectivity index (χ2v) is 7.37. The first kappa shape index (κ1) is 19.8. The number of hydrogen-bond acceptors (Lipinski definition) is 4. The Labute approximate surface area is 174 Å². The van der Waals surface area contributed by atoms with Crippen molar-refractivity contribution >= 4 is 34.6 Å². The number of nitrogens with zero attached hydrogens (tertiary/aromatic N) is 2. The van der Waals surface area contributed by atoms with Gasteiger partial charge in [0.15, 0.2) is 0 Å². The normalized spacial score (nSPS) is 11.0. The van der Waals surface area contributed by atoms with Gasteiger partial charge in [-0.15, -0.1) is 0 Å². The highest BCUT2D eigenvalue weighted by Gasteiger charge is 2.06. The molecular formula is C21H17IN2O4. The van der Waals surface area contributed by atoms with Crippen molar-refractivity contribution in [1.29, 1.82) is 0 Å². The van der Waals surface area contributed by atoms with Crippen LogP contribution in [-0.4, -0.2) is 15.1 Å². The van der Waals surface area contributed by atoms with Crippen LogP contribution in [0.15, 0.2) is 70.4 Å². The fourth-order valence-electron chi connectivity index (χ4n) is 2.62. The largest absolute Gasteiger partial charge is 0.423 e. The Morgan fingerprint density at radius 3 is 2.14 bits per heavy atom. The van der Waals surface area contributed by atoms with E-state index in [1.165, 1.54) is 30.9 Å². The van der Waals surface area contributed by atoms with Crippen molar-refractivity contribution in [3.63, 3.8) is 0 Å². The van der Waals surface area contributed by atoms with Crippen LogP contribution in [0.4, 0.5) is 0 Å². The van der Waals surface area contributed by atoms with Gasteiger partial charge in [0.05, 0.1) is 5.56 Å². The lowest BCUT2D eigenvalue weighted by Crippen LogP contribution is -2.37. The van der Waals surface area contributed by atoms with Crippen molar-refractivity contribution in [2.75, 3.05) is 0 Å². The second-order valence-electron chi connectivity index (χ2n) is 6.13. The maximum atomic E-state index is 12.1. The Balaban J connectivity index is 1.72. The summed E-state index contributed by atoms with van der Waals surface area (Å²) in [5.41, 5.74) is 1.40. The molecule has 2 aromatic carbocycles. The van der Waals surface area contributed by atoms with Crippen LogP contribution < -0.4 is 16.0 Å². The van der Waals surface area contributed by atoms with Gasteiger partial charge in [-0.05, 0) is 64.1 Å². The SMILES string of the molecule is Cn1cc(/C=C/C(=O)Oc2ccc(-c3ccc(I)cc3)cc2)c(=O)n(C)c1=O. The number of benzene rings is 2. The molecule has 0 fully saturated rings. The molecule has 0 saturated carbocycles. The van der Waals surface area contributed by atoms with Crippen LogP contribution in [0.2, 0.25) is 0 Å². The van der Waals surface area contributed by atoms with E-state index in [0.717, 1.165) is 25.3 Å². The predicted molar refractivity (Wildman–Crippen MR) is 116 cm³/mol. The molecule has 142 valence electrons. The molecule has 0 atom stereocenters. The number of aromatic nitrogens is 2. The topological polar surface area (TPSA) is 70.3 Å². The Morgan fingerprint density at radius 2 is 1.54 bits per heavy atom. The highest BCUT2D eigenvalue weighted by molar-refractivity contribution is 14.1. The number of aryl methyl sites for hydroxylation is 1. The van der Waals surface area contributed by atoms with Gasteiger partial charge in [-0.2, -0.15) is 0 Å². The zero-order valence-electron chi connectivity index (χ0n) is 15.3. The van der Waals surface area contributed by atoms with E-state index in [2.05, 4.69) is 22.6 Å². The zero-order chi connectivity index (χ0) is 20.3. The summed E-state index contributed by atoms with van der Waals surface area (Å²) in [6.45, 7) is 0. The molecule has 0 amide bonds. The van der Waals surface area contributed by atoms with Gasteiger partial charge in [0.1, 0.15) is 5.75 Å². The molecule has 0 N–H and O–H groups in total. The van der Waals surface area contributed by atoms with Crippen LogP contribution in [0, 0.1) is 3.57 Å². The molecule has 0 radical (unpaired) electrons. The number of hydrogen-bond donors (Lipinski definition) is 0. The van der Waals surface area contributed by atoms with Crippen LogP contribution >= 0.6 is 22.6 Å². The molecular weight excluding hydrogens is 471 g/mol. The number of rotatable bonds is 4. The number of carbonyl (C=O) groups is 1. The van der Waals surface area contributed by atoms with E-state index < -0.39 is 17.2 Å². The maximum Gasteiger partial charge on any atom is 0.336 e. The molecule has 3 aromatic rings. The summed E-state index contributed by atoms with van der Waals surface area (Å²) < 4.78 is 8.68. The molecule has 7 heteroatoms. The maximum absolute atomic E-state index is 12.1. The average Bonchev–Trinajstić information content (AvgIpc) is 2.69. The molecule has 0 spiro atoms. The number of ether oxygens (including phenoxy) is 1. The van der Waals surface area contributed by atoms with Gasteiger partial charge in [0, 0.05) is 29.9 Å². The van der Waals surface area contributed by atoms with E-state index in [1.54, 1.807) is 12.1 Å². The van der Waals surface area contributed by atoms with Crippen molar-refractivity contribution in [2.24, 2.45) is 14.1 Å². The van der Waals surface area contributed by atoms with E-state index >= 15 is 0 Å². The van der Waals surface area contributed by atoms with E-state index in [4.69, 9.17) is 4.74 Å². The first-order chi connectivity index (χ1) is 13.3. The van der Waals surface area contributed by atoms with Crippen LogP contribution in [-0.2, 0) is 18.9 Å². The molecule has 0 aliphatic heterocycles. The Hall–Kier alpha value is -2.94. The first-order valence-electron chi connectivity index (χ1n) is 8.38. The fourth-order valence-corrected chi connectivity index (χ4v) is 2.98. The molecule has 3 rings (SSSR count). The Bertz CT molecular complexity index is 1160. The van der Waals surface area contributed by atoms with Crippen molar-refractivity contribution in [3.8, 4) is 16.9 Å². The van der Waals surface area contributed by atoms with Crippen LogP contribution in [0.25, 0.3) is 17.2 Å². The standard InChI is InChI=1S/C21H17IN2O4/c1-23-13-16(20(26)24(2)21(23)27)7-12-19(25)28-18-10-5-15(6-11-18)14-3-8-17(22)9-4-14/h3-13H,1-2H3/b12-7+. The molecule has 28 heavy (non-hydrogen) atoms. The molecule has 1 heterocycles. The third-order valence-corrected chi connectivity index (χ3v) is 4.84. The van der Waals surface area contributed by atoms with Crippen molar-refractivity contribution < 1.29 is 9.53 Å². The molecule has 0 aliphatic carbocycles. The number of halogens is 1. The average molecular weight is 488 g/mol.